The summed E-state index contributed by atoms with van der Waals surface area (Å²) in [4.78, 5) is 6.07. The minimum Gasteiger partial charge on any atom is -0.253 e. The van der Waals surface area contributed by atoms with E-state index in [1.807, 2.05) is 6.21 Å². The summed E-state index contributed by atoms with van der Waals surface area (Å²) in [6.45, 7) is 4.48. The Hall–Kier alpha value is -1.68. The summed E-state index contributed by atoms with van der Waals surface area (Å²) in [7, 11) is 0. The lowest BCUT2D eigenvalue weighted by molar-refractivity contribution is 0.502. The van der Waals surface area contributed by atoms with Crippen LogP contribution in [0, 0.1) is 5.92 Å². The number of fused-ring (bicyclic) bond motifs is 1. The smallest absolute Gasteiger partial charge is 0.203 e. The Balaban J connectivity index is 1.63. The van der Waals surface area contributed by atoms with Crippen LogP contribution in [0.4, 0.5) is 5.13 Å². The van der Waals surface area contributed by atoms with Crippen molar-refractivity contribution in [3.05, 3.63) is 46.0 Å². The van der Waals surface area contributed by atoms with Gasteiger partial charge in [-0.05, 0) is 42.7 Å². The van der Waals surface area contributed by atoms with Crippen molar-refractivity contribution in [3.8, 4) is 0 Å². The predicted molar refractivity (Wildman–Crippen MR) is 90.3 cm³/mol. The van der Waals surface area contributed by atoms with Crippen molar-refractivity contribution < 1.29 is 0 Å². The van der Waals surface area contributed by atoms with Gasteiger partial charge in [0.15, 0.2) is 0 Å². The lowest BCUT2D eigenvalue weighted by atomic mass is 9.93. The van der Waals surface area contributed by atoms with E-state index in [0.717, 1.165) is 35.9 Å². The number of benzene rings is 1. The van der Waals surface area contributed by atoms with Crippen molar-refractivity contribution in [2.45, 2.75) is 39.5 Å². The van der Waals surface area contributed by atoms with Crippen LogP contribution in [0.1, 0.15) is 42.0 Å². The fraction of sp³-hybridized carbons (Fsp3) is 0.412. The molecule has 0 spiro atoms. The standard InChI is InChI=1S/C17H21N3S/c1-3-13-5-7-14(8-6-13)11-18-20-17-19-15-9-4-12(2)10-16(15)21-17/h5-8,11-12H,3-4,9-10H2,1-2H3,(H,19,20). The van der Waals surface area contributed by atoms with Crippen LogP contribution in [0.2, 0.25) is 0 Å². The molecule has 0 fully saturated rings. The van der Waals surface area contributed by atoms with Crippen LogP contribution in [0.5, 0.6) is 0 Å². The Bertz CT molecular complexity index is 628. The molecule has 1 aliphatic rings. The number of hydrogen-bond donors (Lipinski definition) is 1. The molecule has 0 bridgehead atoms. The minimum atomic E-state index is 0.784. The van der Waals surface area contributed by atoms with E-state index in [4.69, 9.17) is 0 Å². The third-order valence-corrected chi connectivity index (χ3v) is 4.97. The van der Waals surface area contributed by atoms with Crippen LogP contribution in [-0.4, -0.2) is 11.2 Å². The first-order chi connectivity index (χ1) is 10.2. The Kier molecular flexibility index (Phi) is 4.34. The second-order valence-electron chi connectivity index (χ2n) is 5.70. The van der Waals surface area contributed by atoms with Gasteiger partial charge in [0.1, 0.15) is 0 Å². The van der Waals surface area contributed by atoms with Crippen LogP contribution in [0.15, 0.2) is 29.4 Å². The molecule has 1 aromatic carbocycles. The molecule has 0 radical (unpaired) electrons. The van der Waals surface area contributed by atoms with Crippen molar-refractivity contribution in [3.63, 3.8) is 0 Å². The summed E-state index contributed by atoms with van der Waals surface area (Å²) >= 11 is 1.74. The molecule has 1 aliphatic carbocycles. The van der Waals surface area contributed by atoms with E-state index in [1.165, 1.54) is 22.6 Å². The average Bonchev–Trinajstić information content (AvgIpc) is 2.89. The highest BCUT2D eigenvalue weighted by atomic mass is 32.1. The van der Waals surface area contributed by atoms with Gasteiger partial charge in [-0.1, -0.05) is 38.1 Å². The van der Waals surface area contributed by atoms with Gasteiger partial charge in [0.05, 0.1) is 11.9 Å². The van der Waals surface area contributed by atoms with Gasteiger partial charge >= 0.3 is 0 Å². The largest absolute Gasteiger partial charge is 0.253 e. The van der Waals surface area contributed by atoms with E-state index < -0.39 is 0 Å². The van der Waals surface area contributed by atoms with Crippen LogP contribution in [-0.2, 0) is 19.3 Å². The maximum atomic E-state index is 4.64. The average molecular weight is 299 g/mol. The first-order valence-electron chi connectivity index (χ1n) is 7.61. The molecule has 110 valence electrons. The van der Waals surface area contributed by atoms with Crippen molar-refractivity contribution in [2.24, 2.45) is 11.0 Å². The van der Waals surface area contributed by atoms with Crippen LogP contribution in [0.25, 0.3) is 0 Å². The molecule has 0 saturated carbocycles. The fourth-order valence-corrected chi connectivity index (χ4v) is 3.71. The molecule has 1 N–H and O–H groups in total. The minimum absolute atomic E-state index is 0.784. The molecule has 3 nitrogen and oxygen atoms in total. The summed E-state index contributed by atoms with van der Waals surface area (Å²) in [5.74, 6) is 0.784. The van der Waals surface area contributed by atoms with Crippen LogP contribution >= 0.6 is 11.3 Å². The molecule has 3 rings (SSSR count). The molecular formula is C17H21N3S. The Morgan fingerprint density at radius 3 is 2.95 bits per heavy atom. The number of nitrogens with zero attached hydrogens (tertiary/aromatic N) is 2. The quantitative estimate of drug-likeness (QED) is 0.676. The highest BCUT2D eigenvalue weighted by Gasteiger charge is 2.19. The zero-order chi connectivity index (χ0) is 14.7. The number of hydrogen-bond acceptors (Lipinski definition) is 4. The molecule has 0 aliphatic heterocycles. The SMILES string of the molecule is CCc1ccc(C=NNc2nc3c(s2)CC(C)CC3)cc1. The second-order valence-corrected chi connectivity index (χ2v) is 6.79. The summed E-state index contributed by atoms with van der Waals surface area (Å²) in [5, 5.41) is 5.22. The molecule has 4 heteroatoms. The van der Waals surface area contributed by atoms with Crippen LogP contribution in [0.3, 0.4) is 0 Å². The predicted octanol–water partition coefficient (Wildman–Crippen LogP) is 4.28. The molecular weight excluding hydrogens is 278 g/mol. The molecule has 1 unspecified atom stereocenters. The number of anilines is 1. The maximum Gasteiger partial charge on any atom is 0.203 e. The Morgan fingerprint density at radius 2 is 2.19 bits per heavy atom. The molecule has 2 aromatic rings. The third-order valence-electron chi connectivity index (χ3n) is 3.95. The summed E-state index contributed by atoms with van der Waals surface area (Å²) in [5.41, 5.74) is 6.79. The molecule has 21 heavy (non-hydrogen) atoms. The van der Waals surface area contributed by atoms with Gasteiger partial charge in [0, 0.05) is 4.88 Å². The maximum absolute atomic E-state index is 4.64. The van der Waals surface area contributed by atoms with Gasteiger partial charge in [-0.25, -0.2) is 4.98 Å². The van der Waals surface area contributed by atoms with Gasteiger partial charge in [-0.2, -0.15) is 5.10 Å². The first kappa shape index (κ1) is 14.3. The number of aromatic nitrogens is 1. The van der Waals surface area contributed by atoms with E-state index in [1.54, 1.807) is 11.3 Å². The van der Waals surface area contributed by atoms with E-state index in [9.17, 15) is 0 Å². The highest BCUT2D eigenvalue weighted by Crippen LogP contribution is 2.31. The van der Waals surface area contributed by atoms with Crippen molar-refractivity contribution in [1.29, 1.82) is 0 Å². The number of thiazole rings is 1. The lowest BCUT2D eigenvalue weighted by Crippen LogP contribution is -2.09. The van der Waals surface area contributed by atoms with Crippen molar-refractivity contribution in [2.75, 3.05) is 5.43 Å². The van der Waals surface area contributed by atoms with Gasteiger partial charge in [-0.15, -0.1) is 11.3 Å². The van der Waals surface area contributed by atoms with Crippen LogP contribution < -0.4 is 5.43 Å². The number of rotatable bonds is 4. The van der Waals surface area contributed by atoms with E-state index in [0.29, 0.717) is 0 Å². The fourth-order valence-electron chi connectivity index (χ4n) is 2.59. The first-order valence-corrected chi connectivity index (χ1v) is 8.43. The lowest BCUT2D eigenvalue weighted by Gasteiger charge is -2.15. The number of aryl methyl sites for hydroxylation is 2. The molecule has 1 atom stereocenters. The molecule has 1 heterocycles. The van der Waals surface area contributed by atoms with Gasteiger partial charge < -0.3 is 0 Å². The van der Waals surface area contributed by atoms with E-state index in [2.05, 4.69) is 53.6 Å². The summed E-state index contributed by atoms with van der Waals surface area (Å²) in [6.07, 6.45) is 6.44. The molecule has 0 amide bonds. The third kappa shape index (κ3) is 3.50. The zero-order valence-corrected chi connectivity index (χ0v) is 13.4. The van der Waals surface area contributed by atoms with Crippen molar-refractivity contribution >= 4 is 22.7 Å². The molecule has 1 aromatic heterocycles. The van der Waals surface area contributed by atoms with Crippen molar-refractivity contribution in [1.82, 2.24) is 4.98 Å². The summed E-state index contributed by atoms with van der Waals surface area (Å²) in [6, 6.07) is 8.48. The van der Waals surface area contributed by atoms with Gasteiger partial charge in [0.25, 0.3) is 0 Å². The van der Waals surface area contributed by atoms with E-state index in [-0.39, 0.29) is 0 Å². The zero-order valence-electron chi connectivity index (χ0n) is 12.6. The second kappa shape index (κ2) is 6.39. The normalized spacial score (nSPS) is 17.9. The number of hydrazone groups is 1. The van der Waals surface area contributed by atoms with E-state index >= 15 is 0 Å². The topological polar surface area (TPSA) is 37.3 Å². The molecule has 0 saturated heterocycles. The summed E-state index contributed by atoms with van der Waals surface area (Å²) < 4.78 is 0. The number of nitrogens with one attached hydrogen (secondary N) is 1. The highest BCUT2D eigenvalue weighted by molar-refractivity contribution is 7.15. The van der Waals surface area contributed by atoms with Gasteiger partial charge in [0.2, 0.25) is 5.13 Å². The van der Waals surface area contributed by atoms with Gasteiger partial charge in [-0.3, -0.25) is 5.43 Å². The Morgan fingerprint density at radius 1 is 1.38 bits per heavy atom. The Labute approximate surface area is 130 Å². The monoisotopic (exact) mass is 299 g/mol.